The molecule has 0 saturated heterocycles. The maximum atomic E-state index is 11.8. The Hall–Kier alpha value is -1.53. The van der Waals surface area contributed by atoms with Gasteiger partial charge >= 0.3 is 0 Å². The molecule has 3 N–H and O–H groups in total. The second-order valence-corrected chi connectivity index (χ2v) is 3.63. The smallest absolute Gasteiger partial charge is 0.261 e. The number of halogens is 2. The Kier molecular flexibility index (Phi) is 6.24. The molecule has 0 aliphatic heterocycles. The zero-order valence-corrected chi connectivity index (χ0v) is 9.86. The van der Waals surface area contributed by atoms with Crippen LogP contribution >= 0.6 is 0 Å². The molecular weight excluding hydrogens is 242 g/mol. The molecule has 6 heteroatoms. The number of rotatable bonds is 7. The molecule has 0 atom stereocenters. The van der Waals surface area contributed by atoms with Crippen molar-refractivity contribution in [2.45, 2.75) is 19.4 Å². The van der Waals surface area contributed by atoms with Crippen LogP contribution in [0.3, 0.4) is 0 Å². The number of nitrogens with two attached hydrogens (primary N) is 1. The lowest BCUT2D eigenvalue weighted by Gasteiger charge is -2.09. The first kappa shape index (κ1) is 14.5. The van der Waals surface area contributed by atoms with Crippen molar-refractivity contribution in [3.63, 3.8) is 0 Å². The quantitative estimate of drug-likeness (QED) is 0.732. The standard InChI is InChI=1S/C12H16F2N2O2/c13-11(14)8-18-6-5-12(17)16-10-4-2-1-3-9(10)7-15/h1-4,11H,5-8,15H2,(H,16,17). The van der Waals surface area contributed by atoms with E-state index in [0.29, 0.717) is 12.2 Å². The Morgan fingerprint density at radius 1 is 1.39 bits per heavy atom. The molecule has 0 heterocycles. The highest BCUT2D eigenvalue weighted by Gasteiger charge is 2.07. The molecule has 0 radical (unpaired) electrons. The maximum absolute atomic E-state index is 11.8. The zero-order chi connectivity index (χ0) is 13.4. The summed E-state index contributed by atoms with van der Waals surface area (Å²) in [4.78, 5) is 11.5. The lowest BCUT2D eigenvalue weighted by Crippen LogP contribution is -2.17. The molecule has 0 aromatic heterocycles. The first-order valence-electron chi connectivity index (χ1n) is 5.57. The van der Waals surface area contributed by atoms with Gasteiger partial charge in [0, 0.05) is 12.2 Å². The number of amides is 1. The number of carbonyl (C=O) groups excluding carboxylic acids is 1. The molecule has 1 aromatic carbocycles. The minimum Gasteiger partial charge on any atom is -0.375 e. The number of para-hydroxylation sites is 1. The predicted octanol–water partition coefficient (Wildman–Crippen LogP) is 1.76. The SMILES string of the molecule is NCc1ccccc1NC(=O)CCOCC(F)F. The maximum Gasteiger partial charge on any atom is 0.261 e. The largest absolute Gasteiger partial charge is 0.375 e. The number of hydrogen-bond donors (Lipinski definition) is 2. The van der Waals surface area contributed by atoms with Gasteiger partial charge in [0.15, 0.2) is 0 Å². The van der Waals surface area contributed by atoms with Crippen molar-refractivity contribution in [1.29, 1.82) is 0 Å². The van der Waals surface area contributed by atoms with Gasteiger partial charge in [-0.1, -0.05) is 18.2 Å². The Balaban J connectivity index is 2.35. The van der Waals surface area contributed by atoms with Crippen LogP contribution in [0.1, 0.15) is 12.0 Å². The predicted molar refractivity (Wildman–Crippen MR) is 64.4 cm³/mol. The lowest BCUT2D eigenvalue weighted by atomic mass is 10.2. The van der Waals surface area contributed by atoms with Gasteiger partial charge in [-0.3, -0.25) is 4.79 Å². The number of anilines is 1. The van der Waals surface area contributed by atoms with Gasteiger partial charge in [0.2, 0.25) is 5.91 Å². The van der Waals surface area contributed by atoms with E-state index in [9.17, 15) is 13.6 Å². The molecule has 100 valence electrons. The van der Waals surface area contributed by atoms with E-state index in [1.165, 1.54) is 0 Å². The van der Waals surface area contributed by atoms with Crippen LogP contribution in [0, 0.1) is 0 Å². The van der Waals surface area contributed by atoms with Crippen molar-refractivity contribution >= 4 is 11.6 Å². The second kappa shape index (κ2) is 7.73. The Bertz CT molecular complexity index is 386. The van der Waals surface area contributed by atoms with Crippen molar-refractivity contribution in [3.8, 4) is 0 Å². The van der Waals surface area contributed by atoms with E-state index in [0.717, 1.165) is 5.56 Å². The lowest BCUT2D eigenvalue weighted by molar-refractivity contribution is -0.117. The van der Waals surface area contributed by atoms with Crippen LogP contribution in [-0.4, -0.2) is 25.5 Å². The summed E-state index contributed by atoms with van der Waals surface area (Å²) in [6.07, 6.45) is -2.47. The summed E-state index contributed by atoms with van der Waals surface area (Å²) in [7, 11) is 0. The summed E-state index contributed by atoms with van der Waals surface area (Å²) in [6, 6.07) is 7.15. The normalized spacial score (nSPS) is 10.7. The van der Waals surface area contributed by atoms with Crippen molar-refractivity contribution in [1.82, 2.24) is 0 Å². The number of nitrogens with one attached hydrogen (secondary N) is 1. The highest BCUT2D eigenvalue weighted by atomic mass is 19.3. The van der Waals surface area contributed by atoms with Gasteiger partial charge in [0.05, 0.1) is 13.0 Å². The number of carbonyl (C=O) groups is 1. The third kappa shape index (κ3) is 5.20. The van der Waals surface area contributed by atoms with Crippen LogP contribution in [0.2, 0.25) is 0 Å². The van der Waals surface area contributed by atoms with Gasteiger partial charge in [-0.25, -0.2) is 8.78 Å². The van der Waals surface area contributed by atoms with Gasteiger partial charge in [0.1, 0.15) is 6.61 Å². The number of benzene rings is 1. The monoisotopic (exact) mass is 258 g/mol. The van der Waals surface area contributed by atoms with Crippen molar-refractivity contribution in [3.05, 3.63) is 29.8 Å². The summed E-state index contributed by atoms with van der Waals surface area (Å²) in [5, 5.41) is 2.66. The molecule has 0 saturated carbocycles. The highest BCUT2D eigenvalue weighted by molar-refractivity contribution is 5.91. The Morgan fingerprint density at radius 2 is 2.11 bits per heavy atom. The molecule has 0 aliphatic carbocycles. The van der Waals surface area contributed by atoms with Gasteiger partial charge in [-0.2, -0.15) is 0 Å². The van der Waals surface area contributed by atoms with Crippen LogP contribution in [-0.2, 0) is 16.1 Å². The second-order valence-electron chi connectivity index (χ2n) is 3.63. The van der Waals surface area contributed by atoms with Crippen molar-refractivity contribution in [2.24, 2.45) is 5.73 Å². The molecular formula is C12H16F2N2O2. The molecule has 0 spiro atoms. The van der Waals surface area contributed by atoms with Gasteiger partial charge in [0.25, 0.3) is 6.43 Å². The van der Waals surface area contributed by atoms with Gasteiger partial charge in [-0.15, -0.1) is 0 Å². The molecule has 18 heavy (non-hydrogen) atoms. The molecule has 4 nitrogen and oxygen atoms in total. The summed E-state index contributed by atoms with van der Waals surface area (Å²) >= 11 is 0. The van der Waals surface area contributed by atoms with E-state index < -0.39 is 13.0 Å². The van der Waals surface area contributed by atoms with Crippen LogP contribution in [0.4, 0.5) is 14.5 Å². The fraction of sp³-hybridized carbons (Fsp3) is 0.417. The zero-order valence-electron chi connectivity index (χ0n) is 9.86. The Morgan fingerprint density at radius 3 is 2.78 bits per heavy atom. The summed E-state index contributed by atoms with van der Waals surface area (Å²) in [5.41, 5.74) is 6.98. The third-order valence-electron chi connectivity index (χ3n) is 2.23. The molecule has 0 fully saturated rings. The molecule has 0 unspecified atom stereocenters. The molecule has 0 bridgehead atoms. The first-order valence-corrected chi connectivity index (χ1v) is 5.57. The summed E-state index contributed by atoms with van der Waals surface area (Å²) in [6.45, 7) is -0.355. The fourth-order valence-corrected chi connectivity index (χ4v) is 1.37. The number of alkyl halides is 2. The Labute approximate surface area is 104 Å². The molecule has 1 amide bonds. The third-order valence-corrected chi connectivity index (χ3v) is 2.23. The molecule has 1 aromatic rings. The van der Waals surface area contributed by atoms with Gasteiger partial charge in [-0.05, 0) is 11.6 Å². The fourth-order valence-electron chi connectivity index (χ4n) is 1.37. The topological polar surface area (TPSA) is 64.3 Å². The van der Waals surface area contributed by atoms with E-state index >= 15 is 0 Å². The number of ether oxygens (including phenoxy) is 1. The van der Waals surface area contributed by atoms with E-state index in [4.69, 9.17) is 5.73 Å². The van der Waals surface area contributed by atoms with E-state index in [1.807, 2.05) is 12.1 Å². The van der Waals surface area contributed by atoms with Crippen LogP contribution in [0.25, 0.3) is 0 Å². The van der Waals surface area contributed by atoms with E-state index in [-0.39, 0.29) is 18.9 Å². The number of hydrogen-bond acceptors (Lipinski definition) is 3. The average molecular weight is 258 g/mol. The van der Waals surface area contributed by atoms with Crippen molar-refractivity contribution in [2.75, 3.05) is 18.5 Å². The van der Waals surface area contributed by atoms with Crippen LogP contribution < -0.4 is 11.1 Å². The summed E-state index contributed by atoms with van der Waals surface area (Å²) in [5.74, 6) is -0.287. The van der Waals surface area contributed by atoms with E-state index in [2.05, 4.69) is 10.1 Å². The minimum atomic E-state index is -2.51. The van der Waals surface area contributed by atoms with Gasteiger partial charge < -0.3 is 15.8 Å². The highest BCUT2D eigenvalue weighted by Crippen LogP contribution is 2.14. The first-order chi connectivity index (χ1) is 8.63. The van der Waals surface area contributed by atoms with E-state index in [1.54, 1.807) is 12.1 Å². The van der Waals surface area contributed by atoms with Crippen molar-refractivity contribution < 1.29 is 18.3 Å². The average Bonchev–Trinajstić information content (AvgIpc) is 2.35. The molecule has 1 rings (SSSR count). The minimum absolute atomic E-state index is 0.0268. The van der Waals surface area contributed by atoms with Crippen LogP contribution in [0.15, 0.2) is 24.3 Å². The van der Waals surface area contributed by atoms with Crippen LogP contribution in [0.5, 0.6) is 0 Å². The summed E-state index contributed by atoms with van der Waals surface area (Å²) < 4.78 is 28.2. The molecule has 0 aliphatic rings.